The molecule has 7 nitrogen and oxygen atoms in total. The molecule has 2 rings (SSSR count). The summed E-state index contributed by atoms with van der Waals surface area (Å²) in [5.74, 6) is 3.46. The Bertz CT molecular complexity index is 821. The first-order valence-electron chi connectivity index (χ1n) is 10.6. The highest BCUT2D eigenvalue weighted by atomic mass is 127. The number of hydrogen-bond donors (Lipinski definition) is 3. The topological polar surface area (TPSA) is 88.3 Å². The van der Waals surface area contributed by atoms with Gasteiger partial charge in [-0.3, -0.25) is 0 Å². The Balaban J connectivity index is 0.00000480. The molecular formula is C23H36IN3O4. The van der Waals surface area contributed by atoms with Crippen molar-refractivity contribution in [3.63, 3.8) is 0 Å². The summed E-state index contributed by atoms with van der Waals surface area (Å²) in [6.45, 7) is 12.3. The number of benzene rings is 1. The number of aliphatic imine (C=N–C) groups is 1. The maximum absolute atomic E-state index is 10.7. The van der Waals surface area contributed by atoms with Crippen molar-refractivity contribution in [3.8, 4) is 11.5 Å². The molecule has 3 N–H and O–H groups in total. The van der Waals surface area contributed by atoms with E-state index in [2.05, 4.69) is 15.6 Å². The SMILES string of the molecule is CCNC(=NCC(C)(O)c1ccc(C)o1)NCCc1ccc(OCC)c(OCC)c1.I. The van der Waals surface area contributed by atoms with Crippen molar-refractivity contribution in [1.29, 1.82) is 0 Å². The third kappa shape index (κ3) is 8.60. The predicted molar refractivity (Wildman–Crippen MR) is 135 cm³/mol. The van der Waals surface area contributed by atoms with E-state index < -0.39 is 5.60 Å². The highest BCUT2D eigenvalue weighted by Gasteiger charge is 2.26. The first kappa shape index (κ1) is 27.1. The second-order valence-electron chi connectivity index (χ2n) is 7.20. The molecule has 1 aromatic heterocycles. The Kier molecular flexibility index (Phi) is 11.8. The van der Waals surface area contributed by atoms with Crippen molar-refractivity contribution in [3.05, 3.63) is 47.4 Å². The van der Waals surface area contributed by atoms with Gasteiger partial charge in [-0.1, -0.05) is 6.07 Å². The maximum Gasteiger partial charge on any atom is 0.191 e. The quantitative estimate of drug-likeness (QED) is 0.225. The molecular weight excluding hydrogens is 509 g/mol. The number of rotatable bonds is 11. The monoisotopic (exact) mass is 545 g/mol. The zero-order valence-corrected chi connectivity index (χ0v) is 21.5. The van der Waals surface area contributed by atoms with Gasteiger partial charge in [0.05, 0.1) is 19.8 Å². The number of nitrogens with zero attached hydrogens (tertiary/aromatic N) is 1. The van der Waals surface area contributed by atoms with Gasteiger partial charge in [-0.15, -0.1) is 24.0 Å². The minimum atomic E-state index is -1.17. The highest BCUT2D eigenvalue weighted by molar-refractivity contribution is 14.0. The van der Waals surface area contributed by atoms with Crippen molar-refractivity contribution in [1.82, 2.24) is 10.6 Å². The van der Waals surface area contributed by atoms with Gasteiger partial charge in [-0.05, 0) is 70.9 Å². The number of guanidine groups is 1. The number of ether oxygens (including phenoxy) is 2. The summed E-state index contributed by atoms with van der Waals surface area (Å²) in [7, 11) is 0. The molecule has 1 unspecified atom stereocenters. The van der Waals surface area contributed by atoms with Gasteiger partial charge in [0.1, 0.15) is 17.1 Å². The summed E-state index contributed by atoms with van der Waals surface area (Å²) < 4.78 is 16.9. The normalized spacial score (nSPS) is 13.2. The Labute approximate surface area is 202 Å². The van der Waals surface area contributed by atoms with E-state index in [9.17, 15) is 5.11 Å². The summed E-state index contributed by atoms with van der Waals surface area (Å²) in [4.78, 5) is 4.53. The van der Waals surface area contributed by atoms with E-state index in [4.69, 9.17) is 13.9 Å². The van der Waals surface area contributed by atoms with Gasteiger partial charge < -0.3 is 29.6 Å². The molecule has 0 amide bonds. The molecule has 0 fully saturated rings. The van der Waals surface area contributed by atoms with Crippen LogP contribution in [0.4, 0.5) is 0 Å². The van der Waals surface area contributed by atoms with E-state index in [1.54, 1.807) is 13.0 Å². The summed E-state index contributed by atoms with van der Waals surface area (Å²) >= 11 is 0. The number of aryl methyl sites for hydroxylation is 1. The Morgan fingerprint density at radius 1 is 1.06 bits per heavy atom. The largest absolute Gasteiger partial charge is 0.490 e. The fourth-order valence-electron chi connectivity index (χ4n) is 2.95. The number of nitrogens with one attached hydrogen (secondary N) is 2. The minimum Gasteiger partial charge on any atom is -0.490 e. The van der Waals surface area contributed by atoms with E-state index in [0.717, 1.165) is 35.8 Å². The molecule has 0 saturated heterocycles. The molecule has 0 radical (unpaired) electrons. The van der Waals surface area contributed by atoms with E-state index >= 15 is 0 Å². The molecule has 0 aliphatic heterocycles. The van der Waals surface area contributed by atoms with Crippen molar-refractivity contribution >= 4 is 29.9 Å². The van der Waals surface area contributed by atoms with Crippen LogP contribution in [0.25, 0.3) is 0 Å². The van der Waals surface area contributed by atoms with E-state index in [1.165, 1.54) is 0 Å². The summed E-state index contributed by atoms with van der Waals surface area (Å²) in [5.41, 5.74) is -0.0266. The summed E-state index contributed by atoms with van der Waals surface area (Å²) in [6.07, 6.45) is 0.796. The van der Waals surface area contributed by atoms with Crippen LogP contribution in [-0.4, -0.2) is 43.9 Å². The maximum atomic E-state index is 10.7. The number of aliphatic hydroxyl groups is 1. The van der Waals surface area contributed by atoms with Crippen LogP contribution < -0.4 is 20.1 Å². The van der Waals surface area contributed by atoms with Gasteiger partial charge in [-0.25, -0.2) is 4.99 Å². The van der Waals surface area contributed by atoms with E-state index in [1.807, 2.05) is 52.0 Å². The zero-order valence-electron chi connectivity index (χ0n) is 19.2. The van der Waals surface area contributed by atoms with Crippen LogP contribution in [0.3, 0.4) is 0 Å². The van der Waals surface area contributed by atoms with Crippen LogP contribution >= 0.6 is 24.0 Å². The fourth-order valence-corrected chi connectivity index (χ4v) is 2.95. The van der Waals surface area contributed by atoms with Crippen LogP contribution in [0.5, 0.6) is 11.5 Å². The minimum absolute atomic E-state index is 0. The van der Waals surface area contributed by atoms with E-state index in [-0.39, 0.29) is 30.5 Å². The van der Waals surface area contributed by atoms with Gasteiger partial charge in [0.15, 0.2) is 17.5 Å². The lowest BCUT2D eigenvalue weighted by Gasteiger charge is -2.20. The Hall–Kier alpha value is -1.94. The van der Waals surface area contributed by atoms with Gasteiger partial charge in [0, 0.05) is 13.1 Å². The second-order valence-corrected chi connectivity index (χ2v) is 7.20. The molecule has 0 spiro atoms. The fraction of sp³-hybridized carbons (Fsp3) is 0.522. The first-order chi connectivity index (χ1) is 14.4. The molecule has 0 aliphatic rings. The number of furan rings is 1. The van der Waals surface area contributed by atoms with Crippen LogP contribution in [0, 0.1) is 6.92 Å². The van der Waals surface area contributed by atoms with Crippen LogP contribution in [0.1, 0.15) is 44.8 Å². The van der Waals surface area contributed by atoms with Crippen molar-refractivity contribution in [2.24, 2.45) is 4.99 Å². The standard InChI is InChI=1S/C23H35N3O4.HI/c1-6-24-22(26-16-23(5,27)21-12-9-17(4)30-21)25-14-13-18-10-11-19(28-7-2)20(15-18)29-8-3;/h9-12,15,27H,6-8,13-14,16H2,1-5H3,(H2,24,25,26);1H. The lowest BCUT2D eigenvalue weighted by Crippen LogP contribution is -2.39. The third-order valence-electron chi connectivity index (χ3n) is 4.47. The Morgan fingerprint density at radius 3 is 2.39 bits per heavy atom. The molecule has 0 bridgehead atoms. The zero-order chi connectivity index (χ0) is 22.0. The molecule has 0 aliphatic carbocycles. The highest BCUT2D eigenvalue weighted by Crippen LogP contribution is 2.28. The van der Waals surface area contributed by atoms with Gasteiger partial charge in [0.25, 0.3) is 0 Å². The number of hydrogen-bond acceptors (Lipinski definition) is 5. The van der Waals surface area contributed by atoms with Gasteiger partial charge in [-0.2, -0.15) is 0 Å². The lowest BCUT2D eigenvalue weighted by atomic mass is 10.0. The summed E-state index contributed by atoms with van der Waals surface area (Å²) in [6, 6.07) is 9.64. The van der Waals surface area contributed by atoms with Crippen molar-refractivity contribution < 1.29 is 19.0 Å². The molecule has 8 heteroatoms. The smallest absolute Gasteiger partial charge is 0.191 e. The molecule has 1 aromatic carbocycles. The third-order valence-corrected chi connectivity index (χ3v) is 4.47. The average molecular weight is 545 g/mol. The molecule has 31 heavy (non-hydrogen) atoms. The van der Waals surface area contributed by atoms with Crippen LogP contribution in [0.15, 0.2) is 39.7 Å². The van der Waals surface area contributed by atoms with E-state index in [0.29, 0.717) is 31.5 Å². The van der Waals surface area contributed by atoms with Crippen molar-refractivity contribution in [2.75, 3.05) is 32.8 Å². The predicted octanol–water partition coefficient (Wildman–Crippen LogP) is 4.01. The molecule has 1 atom stereocenters. The lowest BCUT2D eigenvalue weighted by molar-refractivity contribution is 0.0428. The Morgan fingerprint density at radius 2 is 1.77 bits per heavy atom. The second kappa shape index (κ2) is 13.5. The van der Waals surface area contributed by atoms with Crippen LogP contribution in [-0.2, 0) is 12.0 Å². The first-order valence-corrected chi connectivity index (χ1v) is 10.6. The molecule has 1 heterocycles. The van der Waals surface area contributed by atoms with Crippen molar-refractivity contribution in [2.45, 2.75) is 46.6 Å². The molecule has 2 aromatic rings. The number of halogens is 1. The van der Waals surface area contributed by atoms with Gasteiger partial charge >= 0.3 is 0 Å². The molecule has 174 valence electrons. The van der Waals surface area contributed by atoms with Gasteiger partial charge in [0.2, 0.25) is 0 Å². The van der Waals surface area contributed by atoms with Crippen LogP contribution in [0.2, 0.25) is 0 Å². The molecule has 0 saturated carbocycles. The average Bonchev–Trinajstić information content (AvgIpc) is 3.16. The summed E-state index contributed by atoms with van der Waals surface area (Å²) in [5, 5.41) is 17.2.